The van der Waals surface area contributed by atoms with E-state index in [9.17, 15) is 14.7 Å². The molecule has 82 valence electrons. The van der Waals surface area contributed by atoms with Gasteiger partial charge in [0.2, 0.25) is 5.91 Å². The van der Waals surface area contributed by atoms with E-state index in [-0.39, 0.29) is 58.5 Å². The van der Waals surface area contributed by atoms with E-state index in [1.165, 1.54) is 22.1 Å². The molecule has 0 aliphatic carbocycles. The van der Waals surface area contributed by atoms with Gasteiger partial charge < -0.3 is 15.6 Å². The van der Waals surface area contributed by atoms with Crippen molar-refractivity contribution in [2.45, 2.75) is 24.8 Å². The van der Waals surface area contributed by atoms with Crippen molar-refractivity contribution in [1.82, 2.24) is 4.90 Å². The number of β-lactam (4-membered cyclic amide) rings is 1. The van der Waals surface area contributed by atoms with Crippen molar-refractivity contribution in [2.24, 2.45) is 11.7 Å². The maximum atomic E-state index is 11.6. The van der Waals surface area contributed by atoms with Gasteiger partial charge in [-0.25, -0.2) is 0 Å². The Hall–Kier alpha value is -0.01000. The number of carboxylic acids is 1. The Labute approximate surface area is 120 Å². The SMILES string of the molecule is CC(N)CC1C(=O)N2C(C(=O)[O-])=CS[C@@H]12.[Na+]. The van der Waals surface area contributed by atoms with Crippen molar-refractivity contribution in [3.8, 4) is 0 Å². The Morgan fingerprint density at radius 2 is 2.38 bits per heavy atom. The number of carbonyl (C=O) groups excluding carboxylic acids is 2. The van der Waals surface area contributed by atoms with Crippen molar-refractivity contribution in [3.63, 3.8) is 0 Å². The number of hydrogen-bond acceptors (Lipinski definition) is 5. The quantitative estimate of drug-likeness (QED) is 0.406. The number of amides is 1. The first kappa shape index (κ1) is 14.1. The van der Waals surface area contributed by atoms with Crippen molar-refractivity contribution >= 4 is 23.6 Å². The molecule has 2 aliphatic heterocycles. The van der Waals surface area contributed by atoms with Gasteiger partial charge in [-0.05, 0) is 18.8 Å². The first-order valence-corrected chi connectivity index (χ1v) is 5.62. The zero-order valence-electron chi connectivity index (χ0n) is 9.17. The van der Waals surface area contributed by atoms with Crippen LogP contribution in [0.2, 0.25) is 0 Å². The van der Waals surface area contributed by atoms with Gasteiger partial charge in [0.05, 0.1) is 23.0 Å². The number of fused-ring (bicyclic) bond motifs is 1. The van der Waals surface area contributed by atoms with E-state index in [2.05, 4.69) is 0 Å². The summed E-state index contributed by atoms with van der Waals surface area (Å²) >= 11 is 1.35. The monoisotopic (exact) mass is 250 g/mol. The minimum Gasteiger partial charge on any atom is -0.543 e. The van der Waals surface area contributed by atoms with Crippen molar-refractivity contribution in [1.29, 1.82) is 0 Å². The molecule has 0 aromatic carbocycles. The Bertz CT molecular complexity index is 359. The molecule has 2 unspecified atom stereocenters. The predicted octanol–water partition coefficient (Wildman–Crippen LogP) is -4.15. The fraction of sp³-hybridized carbons (Fsp3) is 0.556. The van der Waals surface area contributed by atoms with E-state index in [4.69, 9.17) is 5.73 Å². The minimum atomic E-state index is -1.29. The van der Waals surface area contributed by atoms with E-state index in [1.54, 1.807) is 0 Å². The molecule has 0 saturated carbocycles. The Balaban J connectivity index is 0.00000128. The Kier molecular flexibility index (Phi) is 4.48. The van der Waals surface area contributed by atoms with Crippen LogP contribution in [0.15, 0.2) is 11.1 Å². The number of thioether (sulfide) groups is 1. The third-order valence-corrected chi connectivity index (χ3v) is 3.74. The van der Waals surface area contributed by atoms with Crippen LogP contribution in [0.1, 0.15) is 13.3 Å². The molecule has 0 aromatic heterocycles. The molecular formula is C9H11N2NaO3S. The second-order valence-corrected chi connectivity index (χ2v) is 4.84. The Morgan fingerprint density at radius 1 is 1.75 bits per heavy atom. The predicted molar refractivity (Wildman–Crippen MR) is 53.1 cm³/mol. The van der Waals surface area contributed by atoms with Crippen LogP contribution < -0.4 is 40.4 Å². The first-order valence-electron chi connectivity index (χ1n) is 4.68. The van der Waals surface area contributed by atoms with Gasteiger partial charge in [0.15, 0.2) is 0 Å². The van der Waals surface area contributed by atoms with Crippen LogP contribution in [0.25, 0.3) is 0 Å². The first-order chi connectivity index (χ1) is 7.02. The molecule has 2 heterocycles. The van der Waals surface area contributed by atoms with Crippen LogP contribution in [0.3, 0.4) is 0 Å². The molecule has 2 N–H and O–H groups in total. The Morgan fingerprint density at radius 3 is 2.88 bits per heavy atom. The number of carboxylic acid groups (broad SMARTS) is 1. The molecule has 1 fully saturated rings. The number of carbonyl (C=O) groups is 2. The van der Waals surface area contributed by atoms with Gasteiger partial charge in [0.25, 0.3) is 0 Å². The molecular weight excluding hydrogens is 239 g/mol. The number of rotatable bonds is 3. The van der Waals surface area contributed by atoms with Crippen LogP contribution in [0, 0.1) is 5.92 Å². The summed E-state index contributed by atoms with van der Waals surface area (Å²) in [7, 11) is 0. The third kappa shape index (κ3) is 2.17. The smallest absolute Gasteiger partial charge is 0.543 e. The zero-order valence-corrected chi connectivity index (χ0v) is 12.0. The maximum Gasteiger partial charge on any atom is 1.00 e. The summed E-state index contributed by atoms with van der Waals surface area (Å²) in [6, 6.07) is -0.0475. The second-order valence-electron chi connectivity index (χ2n) is 3.84. The molecule has 3 atom stereocenters. The van der Waals surface area contributed by atoms with E-state index in [0.717, 1.165) is 0 Å². The van der Waals surface area contributed by atoms with E-state index in [1.807, 2.05) is 6.92 Å². The number of hydrogen-bond donors (Lipinski definition) is 1. The van der Waals surface area contributed by atoms with Crippen molar-refractivity contribution < 1.29 is 44.3 Å². The van der Waals surface area contributed by atoms with Gasteiger partial charge in [-0.1, -0.05) is 0 Å². The standard InChI is InChI=1S/C9H12N2O3S.Na/c1-4(10)2-5-7(12)11-6(9(13)14)3-15-8(5)11;/h3-5,8H,2,10H2,1H3,(H,13,14);/q;+1/p-1/t4?,5?,8-;/m0./s1. The average Bonchev–Trinajstić information content (AvgIpc) is 2.54. The normalized spacial score (nSPS) is 28.8. The summed E-state index contributed by atoms with van der Waals surface area (Å²) in [4.78, 5) is 23.6. The molecule has 16 heavy (non-hydrogen) atoms. The maximum absolute atomic E-state index is 11.6. The van der Waals surface area contributed by atoms with Gasteiger partial charge in [-0.3, -0.25) is 9.69 Å². The second kappa shape index (κ2) is 5.10. The summed E-state index contributed by atoms with van der Waals surface area (Å²) in [5.41, 5.74) is 5.60. The van der Waals surface area contributed by atoms with E-state index in [0.29, 0.717) is 6.42 Å². The molecule has 2 rings (SSSR count). The third-order valence-electron chi connectivity index (χ3n) is 2.57. The molecule has 7 heteroatoms. The van der Waals surface area contributed by atoms with Gasteiger partial charge in [0.1, 0.15) is 0 Å². The molecule has 1 amide bonds. The van der Waals surface area contributed by atoms with E-state index < -0.39 is 5.97 Å². The minimum absolute atomic E-state index is 0. The summed E-state index contributed by atoms with van der Waals surface area (Å²) < 4.78 is 0. The van der Waals surface area contributed by atoms with Crippen LogP contribution in [0.4, 0.5) is 0 Å². The summed E-state index contributed by atoms with van der Waals surface area (Å²) in [5.74, 6) is -1.60. The number of aliphatic carboxylic acids is 1. The molecule has 0 aromatic rings. The van der Waals surface area contributed by atoms with E-state index >= 15 is 0 Å². The molecule has 0 radical (unpaired) electrons. The van der Waals surface area contributed by atoms with Gasteiger partial charge in [-0.2, -0.15) is 0 Å². The van der Waals surface area contributed by atoms with Gasteiger partial charge in [0, 0.05) is 6.04 Å². The topological polar surface area (TPSA) is 86.5 Å². The van der Waals surface area contributed by atoms with Crippen LogP contribution in [-0.4, -0.2) is 28.2 Å². The number of nitrogens with zero attached hydrogens (tertiary/aromatic N) is 1. The molecule has 1 saturated heterocycles. The van der Waals surface area contributed by atoms with Crippen LogP contribution in [0.5, 0.6) is 0 Å². The van der Waals surface area contributed by atoms with Crippen LogP contribution in [-0.2, 0) is 9.59 Å². The summed E-state index contributed by atoms with van der Waals surface area (Å²) in [6.07, 6.45) is 0.598. The van der Waals surface area contributed by atoms with Crippen LogP contribution >= 0.6 is 11.8 Å². The van der Waals surface area contributed by atoms with Crippen molar-refractivity contribution in [2.75, 3.05) is 0 Å². The fourth-order valence-electron chi connectivity index (χ4n) is 1.89. The largest absolute Gasteiger partial charge is 1.00 e. The zero-order chi connectivity index (χ0) is 11.2. The van der Waals surface area contributed by atoms with Gasteiger partial charge in [-0.15, -0.1) is 11.8 Å². The molecule has 0 bridgehead atoms. The fourth-order valence-corrected chi connectivity index (χ4v) is 3.12. The summed E-state index contributed by atoms with van der Waals surface area (Å²) in [5, 5.41) is 12.0. The van der Waals surface area contributed by atoms with Gasteiger partial charge >= 0.3 is 29.6 Å². The molecule has 2 aliphatic rings. The summed E-state index contributed by atoms with van der Waals surface area (Å²) in [6.45, 7) is 1.84. The molecule has 0 spiro atoms. The van der Waals surface area contributed by atoms with Crippen molar-refractivity contribution in [3.05, 3.63) is 11.1 Å². The average molecular weight is 250 g/mol. The number of nitrogens with two attached hydrogens (primary N) is 1. The molecule has 5 nitrogen and oxygen atoms in total.